The fraction of sp³-hybridized carbons (Fsp3) is 0.150. The van der Waals surface area contributed by atoms with E-state index in [0.29, 0.717) is 22.0 Å². The third-order valence-electron chi connectivity index (χ3n) is 4.20. The summed E-state index contributed by atoms with van der Waals surface area (Å²) in [7, 11) is 1.46. The highest BCUT2D eigenvalue weighted by Gasteiger charge is 2.24. The molecule has 0 unspecified atom stereocenters. The van der Waals surface area contributed by atoms with Gasteiger partial charge in [-0.3, -0.25) is 9.59 Å². The highest BCUT2D eigenvalue weighted by Crippen LogP contribution is 2.28. The Morgan fingerprint density at radius 3 is 2.59 bits per heavy atom. The van der Waals surface area contributed by atoms with E-state index in [1.54, 1.807) is 48.5 Å². The minimum absolute atomic E-state index is 0.0901. The molecule has 0 spiro atoms. The van der Waals surface area contributed by atoms with Crippen LogP contribution in [0.2, 0.25) is 5.02 Å². The molecule has 0 radical (unpaired) electrons. The van der Waals surface area contributed by atoms with Crippen LogP contribution in [0.5, 0.6) is 11.6 Å². The number of benzene rings is 2. The Morgan fingerprint density at radius 2 is 1.90 bits per heavy atom. The molecule has 0 aliphatic rings. The van der Waals surface area contributed by atoms with Crippen molar-refractivity contribution in [3.63, 3.8) is 0 Å². The second kappa shape index (κ2) is 8.66. The number of aromatic hydroxyl groups is 1. The Hall–Kier alpha value is -3.52. The molecular weight excluding hydrogens is 398 g/mol. The summed E-state index contributed by atoms with van der Waals surface area (Å²) in [5.74, 6) is -1.58. The summed E-state index contributed by atoms with van der Waals surface area (Å²) in [6.07, 6.45) is -0.358. The van der Waals surface area contributed by atoms with Crippen LogP contribution in [0.25, 0.3) is 5.69 Å². The van der Waals surface area contributed by atoms with Crippen molar-refractivity contribution >= 4 is 23.5 Å². The summed E-state index contributed by atoms with van der Waals surface area (Å²) >= 11 is 6.12. The number of para-hydroxylation sites is 2. The number of rotatable bonds is 7. The number of nitrogens with zero attached hydrogens (tertiary/aromatic N) is 2. The molecule has 2 aromatic carbocycles. The number of nitrogens with one attached hydrogen (secondary N) is 1. The van der Waals surface area contributed by atoms with Crippen molar-refractivity contribution in [2.45, 2.75) is 12.5 Å². The zero-order valence-corrected chi connectivity index (χ0v) is 16.1. The summed E-state index contributed by atoms with van der Waals surface area (Å²) in [6, 6.07) is 13.8. The maximum Gasteiger partial charge on any atom is 0.305 e. The molecule has 0 fully saturated rings. The van der Waals surface area contributed by atoms with Crippen LogP contribution in [0.3, 0.4) is 0 Å². The number of methoxy groups -OCH3 is 1. The van der Waals surface area contributed by atoms with Crippen molar-refractivity contribution in [2.75, 3.05) is 7.11 Å². The molecule has 0 aliphatic heterocycles. The zero-order chi connectivity index (χ0) is 21.0. The largest absolute Gasteiger partial charge is 0.496 e. The first-order chi connectivity index (χ1) is 13.9. The molecule has 1 aromatic heterocycles. The van der Waals surface area contributed by atoms with E-state index >= 15 is 0 Å². The summed E-state index contributed by atoms with van der Waals surface area (Å²) in [4.78, 5) is 24.0. The second-order valence-electron chi connectivity index (χ2n) is 6.12. The Kier molecular flexibility index (Phi) is 6.04. The van der Waals surface area contributed by atoms with Crippen LogP contribution < -0.4 is 10.1 Å². The van der Waals surface area contributed by atoms with E-state index in [0.717, 1.165) is 4.68 Å². The van der Waals surface area contributed by atoms with Gasteiger partial charge in [0.25, 0.3) is 5.91 Å². The van der Waals surface area contributed by atoms with Gasteiger partial charge in [-0.2, -0.15) is 9.78 Å². The molecule has 1 amide bonds. The second-order valence-corrected chi connectivity index (χ2v) is 6.52. The highest BCUT2D eigenvalue weighted by atomic mass is 35.5. The topological polar surface area (TPSA) is 114 Å². The van der Waals surface area contributed by atoms with Crippen LogP contribution in [-0.2, 0) is 4.79 Å². The van der Waals surface area contributed by atoms with E-state index in [1.165, 1.54) is 13.2 Å². The van der Waals surface area contributed by atoms with Gasteiger partial charge in [0.15, 0.2) is 5.69 Å². The summed E-state index contributed by atoms with van der Waals surface area (Å²) in [5.41, 5.74) is 0.825. The van der Waals surface area contributed by atoms with Gasteiger partial charge in [-0.15, -0.1) is 0 Å². The molecule has 0 saturated carbocycles. The normalized spacial score (nSPS) is 11.7. The SMILES string of the molecule is COc1ccccc1[C@H](CC(=O)O)NC(=O)c1cc(O)n(-c2ccccc2Cl)n1. The molecule has 150 valence electrons. The minimum atomic E-state index is -1.09. The standard InChI is InChI=1S/C20H18ClN3O5/c1-29-17-9-5-2-6-12(17)14(11-19(26)27)22-20(28)15-10-18(25)24(23-15)16-8-4-3-7-13(16)21/h2-10,14,25H,11H2,1H3,(H,22,28)(H,26,27)/t14-/m0/s1. The average molecular weight is 416 g/mol. The first kappa shape index (κ1) is 20.2. The molecule has 0 saturated heterocycles. The molecule has 0 aliphatic carbocycles. The lowest BCUT2D eigenvalue weighted by Crippen LogP contribution is -2.30. The predicted molar refractivity (Wildman–Crippen MR) is 106 cm³/mol. The van der Waals surface area contributed by atoms with E-state index in [-0.39, 0.29) is 18.0 Å². The van der Waals surface area contributed by atoms with Crippen LogP contribution in [-0.4, -0.2) is 39.0 Å². The van der Waals surface area contributed by atoms with Crippen LogP contribution in [0, 0.1) is 0 Å². The predicted octanol–water partition coefficient (Wildman–Crippen LogP) is 3.19. The first-order valence-corrected chi connectivity index (χ1v) is 8.98. The Labute approximate surface area is 171 Å². The Bertz CT molecular complexity index is 1050. The molecule has 1 atom stereocenters. The monoisotopic (exact) mass is 415 g/mol. The van der Waals surface area contributed by atoms with E-state index in [4.69, 9.17) is 16.3 Å². The minimum Gasteiger partial charge on any atom is -0.496 e. The number of ether oxygens (including phenoxy) is 1. The van der Waals surface area contributed by atoms with Crippen molar-refractivity contribution < 1.29 is 24.5 Å². The maximum atomic E-state index is 12.7. The molecule has 3 aromatic rings. The van der Waals surface area contributed by atoms with Crippen LogP contribution in [0.1, 0.15) is 28.5 Å². The lowest BCUT2D eigenvalue weighted by Gasteiger charge is -2.19. The summed E-state index contributed by atoms with van der Waals surface area (Å²) in [5, 5.41) is 26.5. The quantitative estimate of drug-likeness (QED) is 0.546. The third-order valence-corrected chi connectivity index (χ3v) is 4.52. The van der Waals surface area contributed by atoms with Gasteiger partial charge in [-0.25, -0.2) is 0 Å². The summed E-state index contributed by atoms with van der Waals surface area (Å²) in [6.45, 7) is 0. The first-order valence-electron chi connectivity index (χ1n) is 8.60. The average Bonchev–Trinajstić information content (AvgIpc) is 3.09. The van der Waals surface area contributed by atoms with Crippen molar-refractivity contribution in [3.8, 4) is 17.3 Å². The van der Waals surface area contributed by atoms with E-state index in [1.807, 2.05) is 0 Å². The van der Waals surface area contributed by atoms with Gasteiger partial charge in [0.2, 0.25) is 5.88 Å². The van der Waals surface area contributed by atoms with Crippen molar-refractivity contribution in [1.82, 2.24) is 15.1 Å². The Balaban J connectivity index is 1.90. The lowest BCUT2D eigenvalue weighted by atomic mass is 10.0. The molecular formula is C20H18ClN3O5. The zero-order valence-electron chi connectivity index (χ0n) is 15.4. The number of carbonyl (C=O) groups is 2. The van der Waals surface area contributed by atoms with Gasteiger partial charge in [0.05, 0.1) is 30.3 Å². The molecule has 3 N–H and O–H groups in total. The molecule has 1 heterocycles. The fourth-order valence-electron chi connectivity index (χ4n) is 2.88. The molecule has 0 bridgehead atoms. The summed E-state index contributed by atoms with van der Waals surface area (Å²) < 4.78 is 6.40. The van der Waals surface area contributed by atoms with Crippen LogP contribution in [0.4, 0.5) is 0 Å². The van der Waals surface area contributed by atoms with Gasteiger partial charge in [0, 0.05) is 11.6 Å². The number of carboxylic acid groups (broad SMARTS) is 1. The lowest BCUT2D eigenvalue weighted by molar-refractivity contribution is -0.137. The van der Waals surface area contributed by atoms with Gasteiger partial charge < -0.3 is 20.3 Å². The number of carbonyl (C=O) groups excluding carboxylic acids is 1. The number of carboxylic acids is 1. The molecule has 9 heteroatoms. The number of hydrogen-bond donors (Lipinski definition) is 3. The van der Waals surface area contributed by atoms with E-state index < -0.39 is 17.9 Å². The third kappa shape index (κ3) is 4.49. The van der Waals surface area contributed by atoms with Gasteiger partial charge >= 0.3 is 5.97 Å². The van der Waals surface area contributed by atoms with Crippen molar-refractivity contribution in [1.29, 1.82) is 0 Å². The van der Waals surface area contributed by atoms with Crippen molar-refractivity contribution in [2.24, 2.45) is 0 Å². The number of hydrogen-bond acceptors (Lipinski definition) is 5. The number of halogens is 1. The van der Waals surface area contributed by atoms with E-state index in [2.05, 4.69) is 10.4 Å². The number of aliphatic carboxylic acids is 1. The van der Waals surface area contributed by atoms with Crippen molar-refractivity contribution in [3.05, 3.63) is 70.9 Å². The van der Waals surface area contributed by atoms with Crippen LogP contribution >= 0.6 is 11.6 Å². The van der Waals surface area contributed by atoms with Crippen LogP contribution in [0.15, 0.2) is 54.6 Å². The molecule has 29 heavy (non-hydrogen) atoms. The molecule has 8 nitrogen and oxygen atoms in total. The number of amides is 1. The van der Waals surface area contributed by atoms with E-state index in [9.17, 15) is 19.8 Å². The maximum absolute atomic E-state index is 12.7. The fourth-order valence-corrected chi connectivity index (χ4v) is 3.10. The van der Waals surface area contributed by atoms with Gasteiger partial charge in [-0.1, -0.05) is 41.9 Å². The highest BCUT2D eigenvalue weighted by molar-refractivity contribution is 6.32. The molecule has 3 rings (SSSR count). The van der Waals surface area contributed by atoms with Gasteiger partial charge in [0.1, 0.15) is 5.75 Å². The van der Waals surface area contributed by atoms with Gasteiger partial charge in [-0.05, 0) is 18.2 Å². The number of aromatic nitrogens is 2. The smallest absolute Gasteiger partial charge is 0.305 e. The Morgan fingerprint density at radius 1 is 1.21 bits per heavy atom.